The lowest BCUT2D eigenvalue weighted by atomic mass is 9.74. The number of piperidine rings is 1. The number of hydrogen-bond acceptors (Lipinski definition) is 2. The number of nitrogens with zero attached hydrogens (tertiary/aromatic N) is 1. The van der Waals surface area contributed by atoms with Gasteiger partial charge in [-0.3, -0.25) is 4.79 Å². The summed E-state index contributed by atoms with van der Waals surface area (Å²) in [6.07, 6.45) is 7.00. The summed E-state index contributed by atoms with van der Waals surface area (Å²) in [6, 6.07) is 0. The second-order valence-corrected chi connectivity index (χ2v) is 6.56. The second kappa shape index (κ2) is 4.84. The van der Waals surface area contributed by atoms with Gasteiger partial charge in [0.1, 0.15) is 0 Å². The molecule has 0 radical (unpaired) electrons. The SMILES string of the molecule is CCC1(CC)CCN(C(=O)C(C)(N)C2CC2)CC1. The van der Waals surface area contributed by atoms with Gasteiger partial charge in [-0.05, 0) is 43.9 Å². The number of carbonyl (C=O) groups excluding carboxylic acids is 1. The maximum absolute atomic E-state index is 12.5. The van der Waals surface area contributed by atoms with Crippen LogP contribution in [0.2, 0.25) is 0 Å². The van der Waals surface area contributed by atoms with E-state index < -0.39 is 5.54 Å². The molecule has 1 aliphatic carbocycles. The van der Waals surface area contributed by atoms with E-state index in [1.165, 1.54) is 12.8 Å². The highest BCUT2D eigenvalue weighted by Gasteiger charge is 2.47. The summed E-state index contributed by atoms with van der Waals surface area (Å²) >= 11 is 0. The van der Waals surface area contributed by atoms with Gasteiger partial charge in [0, 0.05) is 13.1 Å². The predicted octanol–water partition coefficient (Wildman–Crippen LogP) is 2.54. The number of hydrogen-bond donors (Lipinski definition) is 1. The molecule has 1 aliphatic heterocycles. The van der Waals surface area contributed by atoms with E-state index in [9.17, 15) is 4.79 Å². The van der Waals surface area contributed by atoms with Gasteiger partial charge in [-0.15, -0.1) is 0 Å². The highest BCUT2D eigenvalue weighted by molar-refractivity contribution is 5.86. The van der Waals surface area contributed by atoms with Gasteiger partial charge in [-0.2, -0.15) is 0 Å². The first-order valence-electron chi connectivity index (χ1n) is 7.53. The van der Waals surface area contributed by atoms with Crippen molar-refractivity contribution in [2.45, 2.75) is 64.8 Å². The van der Waals surface area contributed by atoms with Gasteiger partial charge in [-0.1, -0.05) is 26.7 Å². The first kappa shape index (κ1) is 13.9. The summed E-state index contributed by atoms with van der Waals surface area (Å²) < 4.78 is 0. The zero-order valence-corrected chi connectivity index (χ0v) is 12.2. The van der Waals surface area contributed by atoms with Gasteiger partial charge in [0.2, 0.25) is 5.91 Å². The third-order valence-electron chi connectivity index (χ3n) is 5.50. The Bertz CT molecular complexity index is 306. The Balaban J connectivity index is 1.95. The maximum atomic E-state index is 12.5. The topological polar surface area (TPSA) is 46.3 Å². The molecule has 2 aliphatic rings. The van der Waals surface area contributed by atoms with Crippen molar-refractivity contribution in [3.63, 3.8) is 0 Å². The lowest BCUT2D eigenvalue weighted by molar-refractivity contribution is -0.139. The fraction of sp³-hybridized carbons (Fsp3) is 0.933. The van der Waals surface area contributed by atoms with Crippen LogP contribution in [0.25, 0.3) is 0 Å². The molecule has 0 aromatic carbocycles. The molecule has 1 atom stereocenters. The minimum atomic E-state index is -0.613. The number of carbonyl (C=O) groups is 1. The Hall–Kier alpha value is -0.570. The van der Waals surface area contributed by atoms with Crippen LogP contribution in [0, 0.1) is 11.3 Å². The molecule has 18 heavy (non-hydrogen) atoms. The molecule has 0 aromatic rings. The van der Waals surface area contributed by atoms with Crippen molar-refractivity contribution in [3.05, 3.63) is 0 Å². The van der Waals surface area contributed by atoms with Crippen LogP contribution in [-0.2, 0) is 4.79 Å². The molecule has 2 N–H and O–H groups in total. The quantitative estimate of drug-likeness (QED) is 0.835. The molecule has 1 amide bonds. The highest BCUT2D eigenvalue weighted by atomic mass is 16.2. The summed E-state index contributed by atoms with van der Waals surface area (Å²) in [7, 11) is 0. The van der Waals surface area contributed by atoms with Crippen LogP contribution in [0.3, 0.4) is 0 Å². The normalized spacial score (nSPS) is 26.8. The summed E-state index contributed by atoms with van der Waals surface area (Å²) in [5.74, 6) is 0.611. The third-order valence-corrected chi connectivity index (χ3v) is 5.50. The Labute approximate surface area is 111 Å². The summed E-state index contributed by atoms with van der Waals surface area (Å²) in [4.78, 5) is 14.5. The van der Waals surface area contributed by atoms with E-state index in [4.69, 9.17) is 5.73 Å². The number of nitrogens with two attached hydrogens (primary N) is 1. The fourth-order valence-electron chi connectivity index (χ4n) is 3.34. The minimum absolute atomic E-state index is 0.186. The van der Waals surface area contributed by atoms with Crippen molar-refractivity contribution in [1.29, 1.82) is 0 Å². The van der Waals surface area contributed by atoms with Crippen LogP contribution in [0.1, 0.15) is 59.3 Å². The molecule has 1 unspecified atom stereocenters. The molecular formula is C15H28N2O. The molecule has 3 heteroatoms. The molecule has 2 fully saturated rings. The lowest BCUT2D eigenvalue weighted by Crippen LogP contribution is -2.57. The second-order valence-electron chi connectivity index (χ2n) is 6.56. The van der Waals surface area contributed by atoms with Gasteiger partial charge in [-0.25, -0.2) is 0 Å². The predicted molar refractivity (Wildman–Crippen MR) is 74.1 cm³/mol. The number of rotatable bonds is 4. The van der Waals surface area contributed by atoms with Crippen molar-refractivity contribution in [2.24, 2.45) is 17.1 Å². The van der Waals surface area contributed by atoms with Gasteiger partial charge in [0.15, 0.2) is 0 Å². The number of amides is 1. The van der Waals surface area contributed by atoms with Crippen LogP contribution in [0.4, 0.5) is 0 Å². The lowest BCUT2D eigenvalue weighted by Gasteiger charge is -2.43. The minimum Gasteiger partial charge on any atom is -0.341 e. The van der Waals surface area contributed by atoms with E-state index >= 15 is 0 Å². The smallest absolute Gasteiger partial charge is 0.242 e. The van der Waals surface area contributed by atoms with Crippen molar-refractivity contribution in [1.82, 2.24) is 4.90 Å². The van der Waals surface area contributed by atoms with Crippen molar-refractivity contribution in [3.8, 4) is 0 Å². The molecule has 0 aromatic heterocycles. The summed E-state index contributed by atoms with van der Waals surface area (Å²) in [5, 5.41) is 0. The average Bonchev–Trinajstić information content (AvgIpc) is 3.22. The van der Waals surface area contributed by atoms with Gasteiger partial charge in [0.05, 0.1) is 5.54 Å². The van der Waals surface area contributed by atoms with Crippen LogP contribution in [0.15, 0.2) is 0 Å². The summed E-state index contributed by atoms with van der Waals surface area (Å²) in [6.45, 7) is 8.28. The molecule has 2 rings (SSSR count). The number of likely N-dealkylation sites (tertiary alicyclic amines) is 1. The van der Waals surface area contributed by atoms with E-state index in [1.807, 2.05) is 11.8 Å². The molecule has 3 nitrogen and oxygen atoms in total. The van der Waals surface area contributed by atoms with Crippen LogP contribution in [-0.4, -0.2) is 29.4 Å². The Morgan fingerprint density at radius 3 is 2.17 bits per heavy atom. The molecule has 1 saturated carbocycles. The monoisotopic (exact) mass is 252 g/mol. The van der Waals surface area contributed by atoms with E-state index in [-0.39, 0.29) is 5.91 Å². The van der Waals surface area contributed by atoms with Gasteiger partial charge < -0.3 is 10.6 Å². The van der Waals surface area contributed by atoms with Crippen LogP contribution < -0.4 is 5.73 Å². The molecule has 104 valence electrons. The Morgan fingerprint density at radius 1 is 1.28 bits per heavy atom. The van der Waals surface area contributed by atoms with Gasteiger partial charge in [0.25, 0.3) is 0 Å². The van der Waals surface area contributed by atoms with E-state index in [1.54, 1.807) is 0 Å². The standard InChI is InChI=1S/C15H28N2O/c1-4-15(5-2)8-10-17(11-9-15)13(18)14(3,16)12-6-7-12/h12H,4-11,16H2,1-3H3. The first-order valence-corrected chi connectivity index (χ1v) is 7.53. The largest absolute Gasteiger partial charge is 0.341 e. The molecule has 0 bridgehead atoms. The van der Waals surface area contributed by atoms with Crippen molar-refractivity contribution in [2.75, 3.05) is 13.1 Å². The Kier molecular flexibility index (Phi) is 3.72. The van der Waals surface area contributed by atoms with Crippen LogP contribution in [0.5, 0.6) is 0 Å². The third kappa shape index (κ3) is 2.42. The van der Waals surface area contributed by atoms with Crippen molar-refractivity contribution < 1.29 is 4.79 Å². The van der Waals surface area contributed by atoms with E-state index in [0.717, 1.165) is 38.8 Å². The fourth-order valence-corrected chi connectivity index (χ4v) is 3.34. The average molecular weight is 252 g/mol. The van der Waals surface area contributed by atoms with Crippen molar-refractivity contribution >= 4 is 5.91 Å². The maximum Gasteiger partial charge on any atom is 0.242 e. The highest BCUT2D eigenvalue weighted by Crippen LogP contribution is 2.41. The molecule has 1 heterocycles. The zero-order valence-electron chi connectivity index (χ0n) is 12.2. The first-order chi connectivity index (χ1) is 8.45. The molecule has 1 saturated heterocycles. The van der Waals surface area contributed by atoms with E-state index in [2.05, 4.69) is 13.8 Å². The van der Waals surface area contributed by atoms with Gasteiger partial charge >= 0.3 is 0 Å². The molecular weight excluding hydrogens is 224 g/mol. The Morgan fingerprint density at radius 2 is 1.78 bits per heavy atom. The van der Waals surface area contributed by atoms with E-state index in [0.29, 0.717) is 11.3 Å². The molecule has 0 spiro atoms. The summed E-state index contributed by atoms with van der Waals surface area (Å²) in [5.41, 5.74) is 6.10. The zero-order chi connectivity index (χ0) is 13.4. The van der Waals surface area contributed by atoms with Crippen LogP contribution >= 0.6 is 0 Å².